The Balaban J connectivity index is 2.03. The second-order valence-electron chi connectivity index (χ2n) is 5.55. The maximum Gasteiger partial charge on any atom is 0.226 e. The van der Waals surface area contributed by atoms with Gasteiger partial charge in [-0.2, -0.15) is 0 Å². The van der Waals surface area contributed by atoms with Gasteiger partial charge in [-0.05, 0) is 18.9 Å². The molecule has 0 saturated carbocycles. The van der Waals surface area contributed by atoms with Crippen LogP contribution in [0.2, 0.25) is 0 Å². The number of nitrogens with one attached hydrogen (secondary N) is 1. The Kier molecular flexibility index (Phi) is 5.72. The molecule has 0 aliphatic rings. The van der Waals surface area contributed by atoms with Crippen LogP contribution < -0.4 is 0 Å². The monoisotopic (exact) mass is 301 g/mol. The first kappa shape index (κ1) is 16.2. The number of rotatable bonds is 7. The van der Waals surface area contributed by atoms with Gasteiger partial charge in [0.2, 0.25) is 5.91 Å². The molecule has 5 heteroatoms. The highest BCUT2D eigenvalue weighted by Crippen LogP contribution is 2.14. The molecule has 0 aliphatic heterocycles. The Morgan fingerprint density at radius 2 is 2.09 bits per heavy atom. The molecular weight excluding hydrogens is 278 g/mol. The first-order valence-corrected chi connectivity index (χ1v) is 7.54. The van der Waals surface area contributed by atoms with Gasteiger partial charge < -0.3 is 15.0 Å². The molecule has 2 aromatic rings. The van der Waals surface area contributed by atoms with Crippen LogP contribution in [0.15, 0.2) is 36.7 Å². The largest absolute Gasteiger partial charge is 0.395 e. The minimum Gasteiger partial charge on any atom is -0.395 e. The van der Waals surface area contributed by atoms with Crippen molar-refractivity contribution >= 4 is 5.91 Å². The predicted octanol–water partition coefficient (Wildman–Crippen LogP) is 1.92. The molecule has 0 bridgehead atoms. The lowest BCUT2D eigenvalue weighted by Crippen LogP contribution is -2.37. The molecule has 2 rings (SSSR count). The molecule has 1 aromatic carbocycles. The molecule has 118 valence electrons. The fourth-order valence-electron chi connectivity index (χ4n) is 2.48. The number of aromatic amines is 1. The number of carbonyl (C=O) groups excluding carboxylic acids is 1. The van der Waals surface area contributed by atoms with E-state index >= 15 is 0 Å². The molecular formula is C17H23N3O2. The summed E-state index contributed by atoms with van der Waals surface area (Å²) in [6, 6.07) is 9.97. The van der Waals surface area contributed by atoms with Gasteiger partial charge in [-0.15, -0.1) is 0 Å². The summed E-state index contributed by atoms with van der Waals surface area (Å²) >= 11 is 0. The van der Waals surface area contributed by atoms with Gasteiger partial charge in [0.05, 0.1) is 25.2 Å². The van der Waals surface area contributed by atoms with Crippen LogP contribution >= 0.6 is 0 Å². The van der Waals surface area contributed by atoms with Crippen molar-refractivity contribution in [1.82, 2.24) is 14.9 Å². The number of aromatic nitrogens is 2. The normalized spacial score (nSPS) is 12.1. The van der Waals surface area contributed by atoms with E-state index in [0.717, 1.165) is 17.0 Å². The lowest BCUT2D eigenvalue weighted by Gasteiger charge is -2.25. The van der Waals surface area contributed by atoms with Gasteiger partial charge in [0.1, 0.15) is 0 Å². The third-order valence-corrected chi connectivity index (χ3v) is 3.76. The Morgan fingerprint density at radius 3 is 2.68 bits per heavy atom. The van der Waals surface area contributed by atoms with Gasteiger partial charge in [0.25, 0.3) is 0 Å². The number of carbonyl (C=O) groups is 1. The third-order valence-electron chi connectivity index (χ3n) is 3.76. The Hall–Kier alpha value is -2.14. The number of aryl methyl sites for hydroxylation is 1. The van der Waals surface area contributed by atoms with Gasteiger partial charge in [0, 0.05) is 18.2 Å². The molecule has 0 radical (unpaired) electrons. The maximum absolute atomic E-state index is 12.7. The van der Waals surface area contributed by atoms with Gasteiger partial charge in [-0.3, -0.25) is 4.79 Å². The molecule has 0 fully saturated rings. The summed E-state index contributed by atoms with van der Waals surface area (Å²) in [5.74, 6) is -0.0894. The van der Waals surface area contributed by atoms with Crippen molar-refractivity contribution in [2.45, 2.75) is 26.8 Å². The average Bonchev–Trinajstić information content (AvgIpc) is 2.92. The highest BCUT2D eigenvalue weighted by atomic mass is 16.3. The first-order valence-electron chi connectivity index (χ1n) is 7.54. The Morgan fingerprint density at radius 1 is 1.36 bits per heavy atom. The first-order chi connectivity index (χ1) is 10.6. The molecule has 1 unspecified atom stereocenters. The zero-order chi connectivity index (χ0) is 15.9. The van der Waals surface area contributed by atoms with Crippen LogP contribution in [0, 0.1) is 12.8 Å². The van der Waals surface area contributed by atoms with Crippen molar-refractivity contribution in [2.75, 3.05) is 13.2 Å². The zero-order valence-corrected chi connectivity index (χ0v) is 13.1. The molecule has 0 spiro atoms. The lowest BCUT2D eigenvalue weighted by atomic mass is 9.99. The van der Waals surface area contributed by atoms with Gasteiger partial charge >= 0.3 is 0 Å². The molecule has 1 atom stereocenters. The minimum absolute atomic E-state index is 0.0419. The Labute approximate surface area is 131 Å². The topological polar surface area (TPSA) is 69.2 Å². The highest BCUT2D eigenvalue weighted by Gasteiger charge is 2.21. The van der Waals surface area contributed by atoms with Gasteiger partial charge in [-0.25, -0.2) is 4.98 Å². The quantitative estimate of drug-likeness (QED) is 0.821. The fraction of sp³-hybridized carbons (Fsp3) is 0.412. The number of aliphatic hydroxyl groups excluding tert-OH is 1. The van der Waals surface area contributed by atoms with Crippen molar-refractivity contribution in [3.63, 3.8) is 0 Å². The number of amides is 1. The smallest absolute Gasteiger partial charge is 0.226 e. The highest BCUT2D eigenvalue weighted by molar-refractivity contribution is 5.78. The van der Waals surface area contributed by atoms with Crippen LogP contribution in [0.1, 0.15) is 23.9 Å². The average molecular weight is 301 g/mol. The maximum atomic E-state index is 12.7. The van der Waals surface area contributed by atoms with E-state index in [-0.39, 0.29) is 18.4 Å². The number of hydrogen-bond donors (Lipinski definition) is 2. The Bertz CT molecular complexity index is 595. The van der Waals surface area contributed by atoms with E-state index in [0.29, 0.717) is 19.5 Å². The van der Waals surface area contributed by atoms with E-state index < -0.39 is 0 Å². The van der Waals surface area contributed by atoms with Crippen LogP contribution in [0.4, 0.5) is 0 Å². The summed E-state index contributed by atoms with van der Waals surface area (Å²) in [4.78, 5) is 21.6. The molecule has 2 N–H and O–H groups in total. The molecule has 1 aromatic heterocycles. The van der Waals surface area contributed by atoms with Gasteiger partial charge in [0.15, 0.2) is 0 Å². The number of imidazole rings is 1. The number of H-pyrrole nitrogens is 1. The van der Waals surface area contributed by atoms with Crippen LogP contribution in [0.5, 0.6) is 0 Å². The minimum atomic E-state index is -0.131. The van der Waals surface area contributed by atoms with Crippen molar-refractivity contribution in [3.05, 3.63) is 53.6 Å². The van der Waals surface area contributed by atoms with Gasteiger partial charge in [-0.1, -0.05) is 37.3 Å². The molecule has 1 amide bonds. The van der Waals surface area contributed by atoms with E-state index in [2.05, 4.69) is 9.97 Å². The summed E-state index contributed by atoms with van der Waals surface area (Å²) < 4.78 is 0. The van der Waals surface area contributed by atoms with Crippen molar-refractivity contribution in [2.24, 2.45) is 5.92 Å². The summed E-state index contributed by atoms with van der Waals surface area (Å²) in [6.45, 7) is 4.56. The summed E-state index contributed by atoms with van der Waals surface area (Å²) in [7, 11) is 0. The van der Waals surface area contributed by atoms with Crippen molar-refractivity contribution in [1.29, 1.82) is 0 Å². The second-order valence-corrected chi connectivity index (χ2v) is 5.55. The van der Waals surface area contributed by atoms with Crippen LogP contribution in [-0.2, 0) is 17.8 Å². The SMILES string of the molecule is Cc1[nH]cnc1CN(CCO)C(=O)C(C)Cc1ccccc1. The van der Waals surface area contributed by atoms with E-state index in [4.69, 9.17) is 0 Å². The number of benzene rings is 1. The second kappa shape index (κ2) is 7.75. The number of nitrogens with zero attached hydrogens (tertiary/aromatic N) is 2. The third kappa shape index (κ3) is 4.18. The fourth-order valence-corrected chi connectivity index (χ4v) is 2.48. The van der Waals surface area contributed by atoms with Crippen LogP contribution in [0.3, 0.4) is 0 Å². The summed E-state index contributed by atoms with van der Waals surface area (Å²) in [5.41, 5.74) is 2.93. The molecule has 0 aliphatic carbocycles. The van der Waals surface area contributed by atoms with E-state index in [1.54, 1.807) is 11.2 Å². The summed E-state index contributed by atoms with van der Waals surface area (Å²) in [5, 5.41) is 9.23. The zero-order valence-electron chi connectivity index (χ0n) is 13.1. The van der Waals surface area contributed by atoms with Crippen molar-refractivity contribution < 1.29 is 9.90 Å². The molecule has 5 nitrogen and oxygen atoms in total. The standard InChI is InChI=1S/C17H23N3O2/c1-13(10-15-6-4-3-5-7-15)17(22)20(8-9-21)11-16-14(2)18-12-19-16/h3-7,12-13,21H,8-11H2,1-2H3,(H,18,19). The van der Waals surface area contributed by atoms with Crippen molar-refractivity contribution in [3.8, 4) is 0 Å². The number of hydrogen-bond acceptors (Lipinski definition) is 3. The predicted molar refractivity (Wildman–Crippen MR) is 85.1 cm³/mol. The van der Waals surface area contributed by atoms with E-state index in [9.17, 15) is 9.90 Å². The molecule has 1 heterocycles. The number of aliphatic hydroxyl groups is 1. The molecule has 0 saturated heterocycles. The lowest BCUT2D eigenvalue weighted by molar-refractivity contribution is -0.136. The van der Waals surface area contributed by atoms with Crippen LogP contribution in [0.25, 0.3) is 0 Å². The molecule has 22 heavy (non-hydrogen) atoms. The van der Waals surface area contributed by atoms with Crippen LogP contribution in [-0.4, -0.2) is 39.0 Å². The van der Waals surface area contributed by atoms with E-state index in [1.807, 2.05) is 44.2 Å². The summed E-state index contributed by atoms with van der Waals surface area (Å²) in [6.07, 6.45) is 2.32. The van der Waals surface area contributed by atoms with E-state index in [1.165, 1.54) is 0 Å².